The third kappa shape index (κ3) is 8.80. The predicted molar refractivity (Wildman–Crippen MR) is 216 cm³/mol. The molecule has 0 amide bonds. The van der Waals surface area contributed by atoms with Crippen LogP contribution < -0.4 is 15.2 Å². The third-order valence-corrected chi connectivity index (χ3v) is 10.7. The van der Waals surface area contributed by atoms with Crippen molar-refractivity contribution >= 4 is 36.0 Å². The number of nitrogens with two attached hydrogens (primary N) is 1. The lowest BCUT2D eigenvalue weighted by Gasteiger charge is -2.39. The van der Waals surface area contributed by atoms with E-state index >= 15 is 0 Å². The summed E-state index contributed by atoms with van der Waals surface area (Å²) < 4.78 is 17.3. The van der Waals surface area contributed by atoms with Gasteiger partial charge in [0.15, 0.2) is 17.9 Å². The molecule has 0 unspecified atom stereocenters. The molecular formula is C45H47NO14. The Labute approximate surface area is 344 Å². The monoisotopic (exact) mass is 825 g/mol. The van der Waals surface area contributed by atoms with E-state index in [1.165, 1.54) is 25.1 Å². The molecule has 0 spiro atoms. The summed E-state index contributed by atoms with van der Waals surface area (Å²) >= 11 is 0. The summed E-state index contributed by atoms with van der Waals surface area (Å²) in [5.41, 5.74) is 6.04. The van der Waals surface area contributed by atoms with E-state index < -0.39 is 78.9 Å². The zero-order chi connectivity index (χ0) is 43.4. The average Bonchev–Trinajstić information content (AvgIpc) is 3.23. The maximum Gasteiger partial charge on any atom is 0.308 e. The van der Waals surface area contributed by atoms with Crippen LogP contribution in [0.1, 0.15) is 108 Å². The Morgan fingerprint density at radius 2 is 1.58 bits per heavy atom. The summed E-state index contributed by atoms with van der Waals surface area (Å²) in [4.78, 5) is 54.2. The van der Waals surface area contributed by atoms with Gasteiger partial charge < -0.3 is 55.7 Å². The minimum absolute atomic E-state index is 0.00534. The summed E-state index contributed by atoms with van der Waals surface area (Å²) in [7, 11) is 0. The van der Waals surface area contributed by atoms with Crippen LogP contribution in [-0.4, -0.2) is 103 Å². The fraction of sp³-hybridized carbons (Fsp3) is 0.333. The highest BCUT2D eigenvalue weighted by Crippen LogP contribution is 2.45. The molecule has 1 fully saturated rings. The van der Waals surface area contributed by atoms with Crippen molar-refractivity contribution < 1.29 is 69.1 Å². The molecule has 6 atom stereocenters. The number of hydrogen-bond acceptors (Lipinski definition) is 15. The van der Waals surface area contributed by atoms with Crippen molar-refractivity contribution in [1.29, 1.82) is 0 Å². The second-order valence-electron chi connectivity index (χ2n) is 14.8. The first-order valence-electron chi connectivity index (χ1n) is 19.4. The number of aldehydes is 1. The van der Waals surface area contributed by atoms with E-state index in [9.17, 15) is 54.9 Å². The standard InChI is InChI=1S/C45H47NO14/c1-22-39(52)43(56)44(57)45(58-22)60-35-18-32-38(40(53)31(35)16-26-8-4-9-27(19-47)33(26)21-49)42(55)36-28(20-48)17-34(59-23(2)50)30(37(36)41(32)54)12-11-24-6-3-7-25(14-24)15-29(51)10-5-13-46/h3-4,6-9,11-12,14,17-18,21-22,29,39,43-45,47-48,51-53,56-57H,5,10,13,15-16,19-20,46H2,1-2H3/t22-,29-,39-,43-,44-,45-/m1/s1. The predicted octanol–water partition coefficient (Wildman–Crippen LogP) is 2.50. The van der Waals surface area contributed by atoms with Gasteiger partial charge in [-0.2, -0.15) is 0 Å². The van der Waals surface area contributed by atoms with Gasteiger partial charge in [-0.1, -0.05) is 48.5 Å². The topological polar surface area (TPSA) is 264 Å². The minimum atomic E-state index is -1.83. The van der Waals surface area contributed by atoms with Crippen LogP contribution in [-0.2, 0) is 35.6 Å². The van der Waals surface area contributed by atoms with Crippen LogP contribution in [0.25, 0.3) is 12.2 Å². The number of hydrogen-bond donors (Lipinski definition) is 8. The molecule has 15 nitrogen and oxygen atoms in total. The van der Waals surface area contributed by atoms with Crippen LogP contribution in [0.4, 0.5) is 0 Å². The van der Waals surface area contributed by atoms with Crippen LogP contribution in [0.2, 0.25) is 0 Å². The highest BCUT2D eigenvalue weighted by Gasteiger charge is 2.44. The lowest BCUT2D eigenvalue weighted by Crippen LogP contribution is -2.58. The zero-order valence-corrected chi connectivity index (χ0v) is 32.9. The Morgan fingerprint density at radius 1 is 0.867 bits per heavy atom. The van der Waals surface area contributed by atoms with Gasteiger partial charge in [-0.15, -0.1) is 0 Å². The number of aliphatic hydroxyl groups excluding tert-OH is 6. The van der Waals surface area contributed by atoms with Gasteiger partial charge in [-0.05, 0) is 78.8 Å². The molecule has 4 aromatic rings. The largest absolute Gasteiger partial charge is 0.507 e. The number of rotatable bonds is 15. The molecule has 0 bridgehead atoms. The second-order valence-corrected chi connectivity index (χ2v) is 14.8. The van der Waals surface area contributed by atoms with Gasteiger partial charge >= 0.3 is 5.97 Å². The normalized spacial score (nSPS) is 20.4. The van der Waals surface area contributed by atoms with E-state index in [1.54, 1.807) is 30.3 Å². The number of fused-ring (bicyclic) bond motifs is 2. The molecule has 1 aliphatic carbocycles. The van der Waals surface area contributed by atoms with Crippen molar-refractivity contribution in [3.05, 3.63) is 121 Å². The summed E-state index contributed by atoms with van der Waals surface area (Å²) in [5.74, 6) is -3.69. The smallest absolute Gasteiger partial charge is 0.308 e. The molecule has 316 valence electrons. The van der Waals surface area contributed by atoms with Gasteiger partial charge in [0.25, 0.3) is 0 Å². The van der Waals surface area contributed by atoms with Crippen LogP contribution >= 0.6 is 0 Å². The Hall–Kier alpha value is -5.62. The molecule has 0 saturated carbocycles. The number of esters is 1. The number of ether oxygens (including phenoxy) is 3. The molecule has 9 N–H and O–H groups in total. The fourth-order valence-electron chi connectivity index (χ4n) is 7.65. The summed E-state index contributed by atoms with van der Waals surface area (Å²) in [6.45, 7) is 1.73. The average molecular weight is 826 g/mol. The van der Waals surface area contributed by atoms with Gasteiger partial charge in [0, 0.05) is 46.7 Å². The molecule has 1 heterocycles. The third-order valence-electron chi connectivity index (χ3n) is 10.7. The molecule has 1 saturated heterocycles. The highest BCUT2D eigenvalue weighted by atomic mass is 16.7. The number of aromatic hydroxyl groups is 1. The molecule has 4 aromatic carbocycles. The Kier molecular flexibility index (Phi) is 13.7. The van der Waals surface area contributed by atoms with E-state index in [4.69, 9.17) is 19.9 Å². The Bertz CT molecular complexity index is 2340. The van der Waals surface area contributed by atoms with Gasteiger partial charge in [0.1, 0.15) is 35.6 Å². The maximum absolute atomic E-state index is 14.9. The Morgan fingerprint density at radius 3 is 2.27 bits per heavy atom. The molecule has 6 rings (SSSR count). The lowest BCUT2D eigenvalue weighted by molar-refractivity contribution is -0.268. The van der Waals surface area contributed by atoms with Crippen molar-refractivity contribution in [2.24, 2.45) is 5.73 Å². The van der Waals surface area contributed by atoms with Gasteiger partial charge in [0.2, 0.25) is 6.29 Å². The maximum atomic E-state index is 14.9. The number of ketones is 2. The minimum Gasteiger partial charge on any atom is -0.507 e. The molecule has 2 aliphatic rings. The van der Waals surface area contributed by atoms with Crippen LogP contribution in [0.5, 0.6) is 17.2 Å². The van der Waals surface area contributed by atoms with Crippen LogP contribution in [0.15, 0.2) is 54.6 Å². The number of aliphatic hydroxyl groups is 6. The van der Waals surface area contributed by atoms with Crippen molar-refractivity contribution in [2.45, 2.75) is 89.6 Å². The van der Waals surface area contributed by atoms with E-state index in [0.29, 0.717) is 37.7 Å². The first kappa shape index (κ1) is 43.9. The van der Waals surface area contributed by atoms with Crippen molar-refractivity contribution in [3.8, 4) is 17.2 Å². The summed E-state index contributed by atoms with van der Waals surface area (Å²) in [6, 6.07) is 14.2. The van der Waals surface area contributed by atoms with Crippen molar-refractivity contribution in [2.75, 3.05) is 6.54 Å². The van der Waals surface area contributed by atoms with Crippen LogP contribution in [0, 0.1) is 0 Å². The molecule has 15 heteroatoms. The first-order chi connectivity index (χ1) is 28.7. The summed E-state index contributed by atoms with van der Waals surface area (Å²) in [6.07, 6.45) is -3.57. The molecule has 60 heavy (non-hydrogen) atoms. The second kappa shape index (κ2) is 18.8. The molecule has 0 aromatic heterocycles. The number of benzene rings is 4. The highest BCUT2D eigenvalue weighted by molar-refractivity contribution is 6.31. The van der Waals surface area contributed by atoms with Crippen molar-refractivity contribution in [1.82, 2.24) is 0 Å². The molecule has 1 aliphatic heterocycles. The number of phenolic OH excluding ortho intramolecular Hbond substituents is 1. The van der Waals surface area contributed by atoms with Crippen LogP contribution in [0.3, 0.4) is 0 Å². The quantitative estimate of drug-likeness (QED) is 0.0326. The van der Waals surface area contributed by atoms with Gasteiger partial charge in [0.05, 0.1) is 31.0 Å². The van der Waals surface area contributed by atoms with Crippen molar-refractivity contribution in [3.63, 3.8) is 0 Å². The number of carbonyl (C=O) groups is 4. The van der Waals surface area contributed by atoms with E-state index in [-0.39, 0.29) is 68.0 Å². The number of carbonyl (C=O) groups excluding carboxylic acids is 4. The van der Waals surface area contributed by atoms with E-state index in [0.717, 1.165) is 18.6 Å². The Balaban J connectivity index is 1.53. The first-order valence-corrected chi connectivity index (χ1v) is 19.4. The zero-order valence-electron chi connectivity index (χ0n) is 32.9. The lowest BCUT2D eigenvalue weighted by atomic mass is 9.77. The SMILES string of the molecule is CC(=O)Oc1cc(CO)c2c(c1C=Cc1cccc(C[C@H](O)CCCN)c1)C(=O)c1cc(O[C@H]3O[C@H](C)[C@@H](O)[C@@H](O)[C@H]3O)c(Cc3cccc(CO)c3C=O)c(O)c1C2=O. The van der Waals surface area contributed by atoms with Gasteiger partial charge in [-0.25, -0.2) is 0 Å². The van der Waals surface area contributed by atoms with Gasteiger partial charge in [-0.3, -0.25) is 19.2 Å². The fourth-order valence-corrected chi connectivity index (χ4v) is 7.65. The van der Waals surface area contributed by atoms with E-state index in [2.05, 4.69) is 0 Å². The summed E-state index contributed by atoms with van der Waals surface area (Å²) in [5, 5.41) is 74.8. The molecule has 0 radical (unpaired) electrons. The van der Waals surface area contributed by atoms with E-state index in [1.807, 2.05) is 12.1 Å². The molecular weight excluding hydrogens is 778 g/mol. The number of phenols is 1.